The molecule has 2 radical (unpaired) electrons. The molecule has 10 heteroatoms. The lowest BCUT2D eigenvalue weighted by atomic mass is 9.96. The van der Waals surface area contributed by atoms with E-state index in [1.165, 1.54) is 18.2 Å². The van der Waals surface area contributed by atoms with E-state index in [2.05, 4.69) is 5.32 Å². The molecule has 0 aliphatic carbocycles. The monoisotopic (exact) mass is 355 g/mol. The lowest BCUT2D eigenvalue weighted by Gasteiger charge is -2.20. The second-order valence-corrected chi connectivity index (χ2v) is 7.31. The van der Waals surface area contributed by atoms with Gasteiger partial charge in [-0.1, -0.05) is 6.32 Å². The van der Waals surface area contributed by atoms with Crippen molar-refractivity contribution in [3.63, 3.8) is 0 Å². The molecule has 0 heterocycles. The second-order valence-electron chi connectivity index (χ2n) is 5.85. The Bertz CT molecular complexity index is 725. The summed E-state index contributed by atoms with van der Waals surface area (Å²) in [7, 11) is 1.07. The molecule has 8 nitrogen and oxygen atoms in total. The smallest absolute Gasteiger partial charge is 0.412 e. The third kappa shape index (κ3) is 7.47. The number of anilines is 1. The summed E-state index contributed by atoms with van der Waals surface area (Å²) >= 11 is 0. The van der Waals surface area contributed by atoms with E-state index in [0.717, 1.165) is 0 Å². The van der Waals surface area contributed by atoms with Crippen molar-refractivity contribution < 1.29 is 32.0 Å². The van der Waals surface area contributed by atoms with Crippen molar-refractivity contribution in [1.82, 2.24) is 0 Å². The Balaban J connectivity index is 2.85. The van der Waals surface area contributed by atoms with Crippen LogP contribution in [0.3, 0.4) is 0 Å². The minimum atomic E-state index is -4.48. The largest absolute Gasteiger partial charge is 0.444 e. The molecule has 1 aromatic rings. The maximum absolute atomic E-state index is 11.7. The fraction of sp³-hybridized carbons (Fsp3) is 0.429. The zero-order chi connectivity index (χ0) is 18.5. The first-order chi connectivity index (χ1) is 10.9. The second kappa shape index (κ2) is 7.67. The molecular weight excluding hydrogens is 337 g/mol. The Kier molecular flexibility index (Phi) is 6.39. The van der Waals surface area contributed by atoms with E-state index in [1.54, 1.807) is 20.8 Å². The first kappa shape index (κ1) is 20.0. The molecule has 1 amide bonds. The van der Waals surface area contributed by atoms with Gasteiger partial charge in [0.2, 0.25) is 0 Å². The van der Waals surface area contributed by atoms with Crippen LogP contribution in [-0.4, -0.2) is 44.2 Å². The Labute approximate surface area is 141 Å². The summed E-state index contributed by atoms with van der Waals surface area (Å²) < 4.78 is 39.9. The highest BCUT2D eigenvalue weighted by Gasteiger charge is 2.18. The first-order valence-electron chi connectivity index (χ1n) is 6.88. The zero-order valence-electron chi connectivity index (χ0n) is 13.5. The number of carbonyl (C=O) groups is 2. The predicted octanol–water partition coefficient (Wildman–Crippen LogP) is 1.50. The summed E-state index contributed by atoms with van der Waals surface area (Å²) in [6, 6.07) is 4.23. The number of esters is 1. The summed E-state index contributed by atoms with van der Waals surface area (Å²) in [6.07, 6.45) is -0.695. The van der Waals surface area contributed by atoms with Gasteiger partial charge >= 0.3 is 12.1 Å². The molecule has 0 saturated carbocycles. The van der Waals surface area contributed by atoms with Crippen LogP contribution in [0.15, 0.2) is 18.2 Å². The van der Waals surface area contributed by atoms with Crippen LogP contribution in [0.2, 0.25) is 0 Å². The summed E-state index contributed by atoms with van der Waals surface area (Å²) in [4.78, 5) is 23.1. The molecule has 130 valence electrons. The lowest BCUT2D eigenvalue weighted by molar-refractivity contribution is -0.131. The molecule has 0 spiro atoms. The standard InChI is InChI=1S/C14H18BNO7S/c1-14(2,3)23-13(18)16-10-4-5-11(9(6-10)7-15)22-12(17)8-24(19,20)21/h4-6H,7-8H2,1-3H3,(H,16,18)(H,19,20,21). The van der Waals surface area contributed by atoms with E-state index in [9.17, 15) is 18.0 Å². The highest BCUT2D eigenvalue weighted by atomic mass is 32.2. The van der Waals surface area contributed by atoms with Crippen molar-refractivity contribution in [2.24, 2.45) is 0 Å². The molecule has 0 atom stereocenters. The molecule has 1 aromatic carbocycles. The van der Waals surface area contributed by atoms with Crippen LogP contribution in [-0.2, 0) is 26.0 Å². The maximum Gasteiger partial charge on any atom is 0.412 e. The van der Waals surface area contributed by atoms with Crippen molar-refractivity contribution in [3.8, 4) is 5.75 Å². The quantitative estimate of drug-likeness (QED) is 0.355. The molecular formula is C14H18BNO7S. The van der Waals surface area contributed by atoms with Gasteiger partial charge < -0.3 is 9.47 Å². The number of amides is 1. The van der Waals surface area contributed by atoms with Gasteiger partial charge in [-0.2, -0.15) is 8.42 Å². The van der Waals surface area contributed by atoms with E-state index < -0.39 is 33.5 Å². The average Bonchev–Trinajstić information content (AvgIpc) is 2.35. The van der Waals surface area contributed by atoms with E-state index in [4.69, 9.17) is 21.9 Å². The van der Waals surface area contributed by atoms with Gasteiger partial charge in [-0.05, 0) is 44.5 Å². The van der Waals surface area contributed by atoms with Gasteiger partial charge in [-0.15, -0.1) is 0 Å². The zero-order valence-corrected chi connectivity index (χ0v) is 14.3. The Morgan fingerprint density at radius 2 is 1.92 bits per heavy atom. The SMILES string of the molecule is [B]Cc1cc(NC(=O)OC(C)(C)C)ccc1OC(=O)CS(=O)(=O)O. The van der Waals surface area contributed by atoms with Crippen LogP contribution in [0.25, 0.3) is 0 Å². The summed E-state index contributed by atoms with van der Waals surface area (Å²) in [6.45, 7) is 5.15. The topological polar surface area (TPSA) is 119 Å². The lowest BCUT2D eigenvalue weighted by Crippen LogP contribution is -2.27. The molecule has 0 saturated heterocycles. The molecule has 0 unspecified atom stereocenters. The average molecular weight is 355 g/mol. The Morgan fingerprint density at radius 1 is 1.29 bits per heavy atom. The third-order valence-electron chi connectivity index (χ3n) is 2.45. The van der Waals surface area contributed by atoms with Gasteiger partial charge in [0.1, 0.15) is 11.4 Å². The predicted molar refractivity (Wildman–Crippen MR) is 87.8 cm³/mol. The van der Waals surface area contributed by atoms with Gasteiger partial charge in [0.05, 0.1) is 7.85 Å². The minimum Gasteiger partial charge on any atom is -0.444 e. The van der Waals surface area contributed by atoms with Crippen LogP contribution < -0.4 is 10.1 Å². The Morgan fingerprint density at radius 3 is 2.42 bits per heavy atom. The number of hydrogen-bond acceptors (Lipinski definition) is 6. The Hall–Kier alpha value is -2.07. The fourth-order valence-corrected chi connectivity index (χ4v) is 2.00. The summed E-state index contributed by atoms with van der Waals surface area (Å²) in [5, 5.41) is 2.50. The molecule has 0 aromatic heterocycles. The number of nitrogens with one attached hydrogen (secondary N) is 1. The molecule has 0 aliphatic heterocycles. The van der Waals surface area contributed by atoms with Gasteiger partial charge in [0, 0.05) is 5.69 Å². The summed E-state index contributed by atoms with van der Waals surface area (Å²) in [5.41, 5.74) is 0.0537. The molecule has 0 aliphatic rings. The first-order valence-corrected chi connectivity index (χ1v) is 8.49. The maximum atomic E-state index is 11.7. The van der Waals surface area contributed by atoms with Crippen LogP contribution >= 0.6 is 0 Å². The van der Waals surface area contributed by atoms with Crippen molar-refractivity contribution in [2.45, 2.75) is 32.7 Å². The number of ether oxygens (including phenoxy) is 2. The fourth-order valence-electron chi connectivity index (χ4n) is 1.64. The van der Waals surface area contributed by atoms with Crippen molar-refractivity contribution >= 4 is 35.7 Å². The van der Waals surface area contributed by atoms with Crippen LogP contribution in [0.1, 0.15) is 26.3 Å². The highest BCUT2D eigenvalue weighted by Crippen LogP contribution is 2.23. The van der Waals surface area contributed by atoms with Gasteiger partial charge in [-0.25, -0.2) is 4.79 Å². The number of benzene rings is 1. The van der Waals surface area contributed by atoms with Gasteiger partial charge in [-0.3, -0.25) is 14.7 Å². The third-order valence-corrected chi connectivity index (χ3v) is 3.05. The van der Waals surface area contributed by atoms with Gasteiger partial charge in [0.15, 0.2) is 5.75 Å². The highest BCUT2D eigenvalue weighted by molar-refractivity contribution is 7.86. The van der Waals surface area contributed by atoms with Crippen molar-refractivity contribution in [2.75, 3.05) is 11.1 Å². The minimum absolute atomic E-state index is 0.0286. The molecule has 24 heavy (non-hydrogen) atoms. The van der Waals surface area contributed by atoms with Crippen LogP contribution in [0, 0.1) is 0 Å². The molecule has 0 fully saturated rings. The number of carbonyl (C=O) groups excluding carboxylic acids is 2. The van der Waals surface area contributed by atoms with E-state index >= 15 is 0 Å². The molecule has 1 rings (SSSR count). The molecule has 2 N–H and O–H groups in total. The van der Waals surface area contributed by atoms with Crippen LogP contribution in [0.4, 0.5) is 10.5 Å². The van der Waals surface area contributed by atoms with Crippen molar-refractivity contribution in [3.05, 3.63) is 23.8 Å². The van der Waals surface area contributed by atoms with Crippen molar-refractivity contribution in [1.29, 1.82) is 0 Å². The van der Waals surface area contributed by atoms with E-state index in [1.807, 2.05) is 0 Å². The summed E-state index contributed by atoms with van der Waals surface area (Å²) in [5.74, 6) is -2.30. The normalized spacial score (nSPS) is 11.7. The van der Waals surface area contributed by atoms with E-state index in [-0.39, 0.29) is 12.1 Å². The van der Waals surface area contributed by atoms with Crippen LogP contribution in [0.5, 0.6) is 5.75 Å². The number of hydrogen-bond donors (Lipinski definition) is 2. The molecule has 0 bridgehead atoms. The van der Waals surface area contributed by atoms with Gasteiger partial charge in [0.25, 0.3) is 10.1 Å². The van der Waals surface area contributed by atoms with E-state index in [0.29, 0.717) is 11.3 Å². The number of rotatable bonds is 5.